The zero-order chi connectivity index (χ0) is 14.4. The second-order valence-corrected chi connectivity index (χ2v) is 5.00. The number of hydrogen-bond acceptors (Lipinski definition) is 4. The molecule has 1 unspecified atom stereocenters. The second-order valence-electron chi connectivity index (χ2n) is 5.00. The van der Waals surface area contributed by atoms with E-state index in [4.69, 9.17) is 9.47 Å². The summed E-state index contributed by atoms with van der Waals surface area (Å²) >= 11 is 0. The van der Waals surface area contributed by atoms with Gasteiger partial charge < -0.3 is 14.6 Å². The topological polar surface area (TPSA) is 41.9 Å². The van der Waals surface area contributed by atoms with E-state index in [1.165, 1.54) is 0 Å². The fraction of sp³-hybridized carbons (Fsp3) is 0.600. The van der Waals surface area contributed by atoms with Gasteiger partial charge in [0, 0.05) is 24.2 Å². The van der Waals surface area contributed by atoms with Crippen LogP contribution in [0.25, 0.3) is 0 Å². The van der Waals surface area contributed by atoms with Gasteiger partial charge in [-0.15, -0.1) is 0 Å². The molecule has 1 aromatic rings. The van der Waals surface area contributed by atoms with Crippen molar-refractivity contribution >= 4 is 0 Å². The average molecular weight is 267 g/mol. The van der Waals surface area contributed by atoms with Gasteiger partial charge in [-0.3, -0.25) is 4.90 Å². The van der Waals surface area contributed by atoms with Gasteiger partial charge in [0.1, 0.15) is 11.5 Å². The number of methoxy groups -OCH3 is 1. The lowest BCUT2D eigenvalue weighted by molar-refractivity contribution is 0.0570. The molecular weight excluding hydrogens is 242 g/mol. The number of benzene rings is 1. The van der Waals surface area contributed by atoms with Crippen molar-refractivity contribution in [3.8, 4) is 11.5 Å². The summed E-state index contributed by atoms with van der Waals surface area (Å²) in [4.78, 5) is 2.16. The lowest BCUT2D eigenvalue weighted by Gasteiger charge is -2.26. The third-order valence-corrected chi connectivity index (χ3v) is 3.24. The zero-order valence-corrected chi connectivity index (χ0v) is 12.5. The molecule has 1 N–H and O–H groups in total. The summed E-state index contributed by atoms with van der Waals surface area (Å²) in [6.45, 7) is 7.63. The van der Waals surface area contributed by atoms with Crippen LogP contribution in [0.5, 0.6) is 11.5 Å². The maximum absolute atomic E-state index is 10.0. The zero-order valence-electron chi connectivity index (χ0n) is 12.5. The Morgan fingerprint density at radius 1 is 1.26 bits per heavy atom. The molecule has 0 spiro atoms. The summed E-state index contributed by atoms with van der Waals surface area (Å²) in [5, 5.41) is 10.0. The molecule has 0 amide bonds. The molecule has 0 heterocycles. The smallest absolute Gasteiger partial charge is 0.124 e. The molecule has 4 nitrogen and oxygen atoms in total. The minimum atomic E-state index is 0.127. The van der Waals surface area contributed by atoms with Crippen LogP contribution in [0.2, 0.25) is 0 Å². The van der Waals surface area contributed by atoms with Crippen LogP contribution in [-0.2, 0) is 4.74 Å². The molecule has 0 aliphatic carbocycles. The molecule has 1 atom stereocenters. The first-order chi connectivity index (χ1) is 8.95. The number of nitrogens with zero attached hydrogens (tertiary/aromatic N) is 1. The fourth-order valence-corrected chi connectivity index (χ4v) is 1.87. The predicted molar refractivity (Wildman–Crippen MR) is 76.8 cm³/mol. The van der Waals surface area contributed by atoms with Gasteiger partial charge in [-0.05, 0) is 33.9 Å². The Morgan fingerprint density at radius 2 is 1.95 bits per heavy atom. The summed E-state index contributed by atoms with van der Waals surface area (Å²) in [5.74, 6) is 0.933. The maximum atomic E-state index is 10.0. The van der Waals surface area contributed by atoms with Crippen molar-refractivity contribution in [1.82, 2.24) is 4.90 Å². The highest BCUT2D eigenvalue weighted by molar-refractivity contribution is 5.41. The third-order valence-electron chi connectivity index (χ3n) is 3.24. The molecule has 0 bridgehead atoms. The van der Waals surface area contributed by atoms with Gasteiger partial charge in [-0.2, -0.15) is 0 Å². The Kier molecular flexibility index (Phi) is 6.12. The van der Waals surface area contributed by atoms with Crippen molar-refractivity contribution in [2.45, 2.75) is 32.9 Å². The summed E-state index contributed by atoms with van der Waals surface area (Å²) in [6, 6.07) is 5.54. The number of phenols is 1. The van der Waals surface area contributed by atoms with Crippen molar-refractivity contribution in [3.05, 3.63) is 23.8 Å². The van der Waals surface area contributed by atoms with Crippen LogP contribution in [0, 0.1) is 0 Å². The number of ether oxygens (including phenoxy) is 2. The number of likely N-dealkylation sites (N-methyl/N-ethyl adjacent to an activating group) is 1. The number of phenolic OH excluding ortho intramolecular Hbond substituents is 1. The van der Waals surface area contributed by atoms with Crippen molar-refractivity contribution in [1.29, 1.82) is 0 Å². The molecule has 0 aliphatic rings. The first-order valence-electron chi connectivity index (χ1n) is 6.64. The van der Waals surface area contributed by atoms with Crippen molar-refractivity contribution in [2.24, 2.45) is 0 Å². The Bertz CT molecular complexity index is 393. The third kappa shape index (κ3) is 4.73. The van der Waals surface area contributed by atoms with Gasteiger partial charge in [-0.25, -0.2) is 0 Å². The number of aromatic hydroxyl groups is 1. The first kappa shape index (κ1) is 15.8. The fourth-order valence-electron chi connectivity index (χ4n) is 1.87. The molecule has 0 saturated heterocycles. The molecule has 0 aliphatic heterocycles. The summed E-state index contributed by atoms with van der Waals surface area (Å²) in [7, 11) is 3.62. The SMILES string of the molecule is COc1ccc(C(C)N(C)CCOC(C)C)c(O)c1. The van der Waals surface area contributed by atoms with Crippen LogP contribution in [0.15, 0.2) is 18.2 Å². The van der Waals surface area contributed by atoms with Crippen LogP contribution in [0.4, 0.5) is 0 Å². The average Bonchev–Trinajstić information content (AvgIpc) is 2.37. The molecule has 4 heteroatoms. The van der Waals surface area contributed by atoms with Crippen LogP contribution >= 0.6 is 0 Å². The molecule has 19 heavy (non-hydrogen) atoms. The van der Waals surface area contributed by atoms with E-state index in [0.29, 0.717) is 12.4 Å². The highest BCUT2D eigenvalue weighted by atomic mass is 16.5. The van der Waals surface area contributed by atoms with Crippen LogP contribution in [0.1, 0.15) is 32.4 Å². The minimum absolute atomic E-state index is 0.127. The Labute approximate surface area is 115 Å². The molecule has 0 radical (unpaired) electrons. The van der Waals surface area contributed by atoms with E-state index in [9.17, 15) is 5.11 Å². The molecule has 1 rings (SSSR count). The molecule has 108 valence electrons. The normalized spacial score (nSPS) is 13.0. The van der Waals surface area contributed by atoms with E-state index in [1.807, 2.05) is 33.0 Å². The van der Waals surface area contributed by atoms with E-state index < -0.39 is 0 Å². The van der Waals surface area contributed by atoms with Crippen molar-refractivity contribution < 1.29 is 14.6 Å². The lowest BCUT2D eigenvalue weighted by atomic mass is 10.1. The molecule has 0 fully saturated rings. The van der Waals surface area contributed by atoms with E-state index >= 15 is 0 Å². The summed E-state index contributed by atoms with van der Waals surface area (Å²) in [6.07, 6.45) is 0.248. The lowest BCUT2D eigenvalue weighted by Crippen LogP contribution is -2.27. The monoisotopic (exact) mass is 267 g/mol. The Balaban J connectivity index is 2.63. The molecule has 1 aromatic carbocycles. The van der Waals surface area contributed by atoms with Crippen LogP contribution < -0.4 is 4.74 Å². The highest BCUT2D eigenvalue weighted by Crippen LogP contribution is 2.30. The molecular formula is C15H25NO3. The van der Waals surface area contributed by atoms with E-state index in [0.717, 1.165) is 12.1 Å². The number of hydrogen-bond donors (Lipinski definition) is 1. The van der Waals surface area contributed by atoms with Gasteiger partial charge in [0.05, 0.1) is 19.8 Å². The summed E-state index contributed by atoms with van der Waals surface area (Å²) < 4.78 is 10.6. The maximum Gasteiger partial charge on any atom is 0.124 e. The highest BCUT2D eigenvalue weighted by Gasteiger charge is 2.15. The van der Waals surface area contributed by atoms with Gasteiger partial charge >= 0.3 is 0 Å². The largest absolute Gasteiger partial charge is 0.507 e. The molecule has 0 aromatic heterocycles. The number of rotatable bonds is 7. The van der Waals surface area contributed by atoms with Gasteiger partial charge in [0.25, 0.3) is 0 Å². The predicted octanol–water partition coefficient (Wildman–Crippen LogP) is 2.82. The van der Waals surface area contributed by atoms with E-state index in [1.54, 1.807) is 13.2 Å². The summed E-state index contributed by atoms with van der Waals surface area (Å²) in [5.41, 5.74) is 0.896. The second kappa shape index (κ2) is 7.36. The van der Waals surface area contributed by atoms with Crippen LogP contribution in [0.3, 0.4) is 0 Å². The van der Waals surface area contributed by atoms with Crippen molar-refractivity contribution in [2.75, 3.05) is 27.3 Å². The Hall–Kier alpha value is -1.26. The van der Waals surface area contributed by atoms with Gasteiger partial charge in [-0.1, -0.05) is 6.07 Å². The minimum Gasteiger partial charge on any atom is -0.507 e. The van der Waals surface area contributed by atoms with Gasteiger partial charge in [0.2, 0.25) is 0 Å². The van der Waals surface area contributed by atoms with Crippen LogP contribution in [-0.4, -0.2) is 43.4 Å². The van der Waals surface area contributed by atoms with E-state index in [-0.39, 0.29) is 17.9 Å². The van der Waals surface area contributed by atoms with E-state index in [2.05, 4.69) is 11.8 Å². The Morgan fingerprint density at radius 3 is 2.47 bits per heavy atom. The van der Waals surface area contributed by atoms with Crippen molar-refractivity contribution in [3.63, 3.8) is 0 Å². The quantitative estimate of drug-likeness (QED) is 0.825. The van der Waals surface area contributed by atoms with Gasteiger partial charge in [0.15, 0.2) is 0 Å². The molecule has 0 saturated carbocycles. The standard InChI is InChI=1S/C15H25NO3/c1-11(2)19-9-8-16(4)12(3)14-7-6-13(18-5)10-15(14)17/h6-7,10-12,17H,8-9H2,1-5H3. The first-order valence-corrected chi connectivity index (χ1v) is 6.64.